The van der Waals surface area contributed by atoms with Crippen LogP contribution in [0.15, 0.2) is 18.2 Å². The molecule has 1 aromatic carbocycles. The third kappa shape index (κ3) is 3.71. The number of nitrogens with one attached hydrogen (secondary N) is 2. The third-order valence-electron chi connectivity index (χ3n) is 3.58. The number of benzene rings is 1. The van der Waals surface area contributed by atoms with Crippen LogP contribution in [-0.2, 0) is 12.8 Å². The van der Waals surface area contributed by atoms with Crippen molar-refractivity contribution < 1.29 is 0 Å². The largest absolute Gasteiger partial charge is 0.331 e. The Balaban J connectivity index is 1.68. The van der Waals surface area contributed by atoms with E-state index in [1.807, 2.05) is 0 Å². The Morgan fingerprint density at radius 2 is 2.18 bits per heavy atom. The van der Waals surface area contributed by atoms with Crippen LogP contribution in [0.2, 0.25) is 10.0 Å². The second kappa shape index (κ2) is 6.71. The number of thiazole rings is 1. The van der Waals surface area contributed by atoms with Gasteiger partial charge < -0.3 is 10.6 Å². The van der Waals surface area contributed by atoms with Crippen molar-refractivity contribution in [3.63, 3.8) is 0 Å². The van der Waals surface area contributed by atoms with Crippen LogP contribution < -0.4 is 10.6 Å². The Bertz CT molecular complexity index is 715. The Hall–Kier alpha value is -0.880. The maximum Gasteiger partial charge on any atom is 0.189 e. The zero-order valence-electron chi connectivity index (χ0n) is 12.0. The average Bonchev–Trinajstić information content (AvgIpc) is 2.84. The van der Waals surface area contributed by atoms with Gasteiger partial charge in [0.2, 0.25) is 0 Å². The summed E-state index contributed by atoms with van der Waals surface area (Å²) in [6.07, 6.45) is 3.36. The number of halogens is 2. The van der Waals surface area contributed by atoms with Crippen molar-refractivity contribution in [1.29, 1.82) is 0 Å². The molecule has 0 fully saturated rings. The van der Waals surface area contributed by atoms with Crippen LogP contribution in [0.3, 0.4) is 0 Å². The van der Waals surface area contributed by atoms with Crippen LogP contribution >= 0.6 is 46.8 Å². The predicted molar refractivity (Wildman–Crippen MR) is 99.6 cm³/mol. The number of rotatable bonds is 2. The first kappa shape index (κ1) is 16.0. The van der Waals surface area contributed by atoms with Crippen molar-refractivity contribution in [1.82, 2.24) is 4.98 Å². The maximum absolute atomic E-state index is 6.12. The average molecular weight is 372 g/mol. The van der Waals surface area contributed by atoms with E-state index < -0.39 is 0 Å². The van der Waals surface area contributed by atoms with E-state index in [0.29, 0.717) is 20.8 Å². The molecular weight excluding hydrogens is 357 g/mol. The van der Waals surface area contributed by atoms with Gasteiger partial charge >= 0.3 is 0 Å². The molecular formula is C15H15Cl2N3S2. The molecule has 0 aliphatic heterocycles. The first-order chi connectivity index (χ1) is 10.5. The quantitative estimate of drug-likeness (QED) is 0.694. The number of aromatic nitrogens is 1. The lowest BCUT2D eigenvalue weighted by Crippen LogP contribution is -2.19. The minimum Gasteiger partial charge on any atom is -0.331 e. The molecule has 0 radical (unpaired) electrons. The van der Waals surface area contributed by atoms with Gasteiger partial charge in [-0.15, -0.1) is 11.3 Å². The van der Waals surface area contributed by atoms with E-state index in [0.717, 1.165) is 23.9 Å². The number of hydrogen-bond donors (Lipinski definition) is 2. The van der Waals surface area contributed by atoms with E-state index in [1.165, 1.54) is 17.0 Å². The van der Waals surface area contributed by atoms with E-state index >= 15 is 0 Å². The summed E-state index contributed by atoms with van der Waals surface area (Å²) in [5, 5.41) is 8.66. The van der Waals surface area contributed by atoms with Gasteiger partial charge in [0.15, 0.2) is 10.2 Å². The molecule has 3 nitrogen and oxygen atoms in total. The molecule has 116 valence electrons. The smallest absolute Gasteiger partial charge is 0.189 e. The highest BCUT2D eigenvalue weighted by Crippen LogP contribution is 2.32. The highest BCUT2D eigenvalue weighted by atomic mass is 35.5. The molecule has 1 atom stereocenters. The number of thiocarbonyl (C=S) groups is 1. The van der Waals surface area contributed by atoms with Crippen molar-refractivity contribution in [3.05, 3.63) is 38.8 Å². The van der Waals surface area contributed by atoms with Crippen LogP contribution in [0, 0.1) is 5.92 Å². The van der Waals surface area contributed by atoms with Gasteiger partial charge in [-0.25, -0.2) is 4.98 Å². The summed E-state index contributed by atoms with van der Waals surface area (Å²) in [5.74, 6) is 0.733. The van der Waals surface area contributed by atoms with Crippen molar-refractivity contribution in [2.45, 2.75) is 26.2 Å². The van der Waals surface area contributed by atoms with Crippen molar-refractivity contribution >= 4 is 62.7 Å². The van der Waals surface area contributed by atoms with Gasteiger partial charge in [0.05, 0.1) is 16.4 Å². The fraction of sp³-hybridized carbons (Fsp3) is 0.333. The summed E-state index contributed by atoms with van der Waals surface area (Å²) in [5.41, 5.74) is 1.88. The molecule has 1 aliphatic rings. The second-order valence-corrected chi connectivity index (χ2v) is 7.78. The monoisotopic (exact) mass is 371 g/mol. The van der Waals surface area contributed by atoms with Crippen molar-refractivity contribution in [2.75, 3.05) is 10.6 Å². The minimum atomic E-state index is 0.461. The van der Waals surface area contributed by atoms with Crippen LogP contribution in [0.4, 0.5) is 10.8 Å². The Kier molecular flexibility index (Phi) is 4.88. The van der Waals surface area contributed by atoms with Crippen molar-refractivity contribution in [3.8, 4) is 0 Å². The number of hydrogen-bond acceptors (Lipinski definition) is 3. The molecule has 0 bridgehead atoms. The third-order valence-corrected chi connectivity index (χ3v) is 5.39. The Labute approximate surface area is 149 Å². The lowest BCUT2D eigenvalue weighted by Gasteiger charge is -2.15. The molecule has 1 unspecified atom stereocenters. The molecule has 22 heavy (non-hydrogen) atoms. The van der Waals surface area contributed by atoms with Crippen LogP contribution in [0.5, 0.6) is 0 Å². The predicted octanol–water partition coefficient (Wildman–Crippen LogP) is 5.38. The standard InChI is InChI=1S/C15H15Cl2N3S2/c1-8-2-5-11-13(6-8)22-15(19-11)20-14(21)18-12-7-9(16)3-4-10(12)17/h3-4,7-8H,2,5-6H2,1H3,(H2,18,19,20,21). The van der Waals surface area contributed by atoms with Gasteiger partial charge in [-0.1, -0.05) is 30.1 Å². The fourth-order valence-corrected chi connectivity index (χ4v) is 4.22. The maximum atomic E-state index is 6.12. The highest BCUT2D eigenvalue weighted by molar-refractivity contribution is 7.80. The second-order valence-electron chi connectivity index (χ2n) is 5.44. The molecule has 3 rings (SSSR count). The molecule has 0 spiro atoms. The van der Waals surface area contributed by atoms with Gasteiger partial charge in [-0.3, -0.25) is 0 Å². The van der Waals surface area contributed by atoms with Gasteiger partial charge in [0.1, 0.15) is 0 Å². The van der Waals surface area contributed by atoms with E-state index in [9.17, 15) is 0 Å². The summed E-state index contributed by atoms with van der Waals surface area (Å²) >= 11 is 19.1. The summed E-state index contributed by atoms with van der Waals surface area (Å²) in [7, 11) is 0. The first-order valence-corrected chi connectivity index (χ1v) is 9.01. The van der Waals surface area contributed by atoms with Crippen LogP contribution in [0.1, 0.15) is 23.9 Å². The SMILES string of the molecule is CC1CCc2nc(NC(=S)Nc3cc(Cl)ccc3Cl)sc2C1. The molecule has 0 amide bonds. The first-order valence-electron chi connectivity index (χ1n) is 7.03. The molecule has 0 saturated heterocycles. The van der Waals surface area contributed by atoms with Crippen LogP contribution in [-0.4, -0.2) is 10.1 Å². The number of aryl methyl sites for hydroxylation is 1. The van der Waals surface area contributed by atoms with Gasteiger partial charge in [0.25, 0.3) is 0 Å². The topological polar surface area (TPSA) is 37.0 Å². The zero-order valence-corrected chi connectivity index (χ0v) is 15.1. The molecule has 1 aliphatic carbocycles. The van der Waals surface area contributed by atoms with E-state index in [1.54, 1.807) is 29.5 Å². The van der Waals surface area contributed by atoms with Gasteiger partial charge in [-0.05, 0) is 55.6 Å². The van der Waals surface area contributed by atoms with E-state index in [2.05, 4.69) is 22.5 Å². The molecule has 7 heteroatoms. The lowest BCUT2D eigenvalue weighted by molar-refractivity contribution is 0.502. The van der Waals surface area contributed by atoms with Crippen LogP contribution in [0.25, 0.3) is 0 Å². The molecule has 1 aromatic heterocycles. The number of fused-ring (bicyclic) bond motifs is 1. The Morgan fingerprint density at radius 1 is 1.36 bits per heavy atom. The molecule has 1 heterocycles. The van der Waals surface area contributed by atoms with Crippen molar-refractivity contribution in [2.24, 2.45) is 5.92 Å². The Morgan fingerprint density at radius 3 is 3.00 bits per heavy atom. The normalized spacial score (nSPS) is 17.0. The molecule has 2 N–H and O–H groups in total. The minimum absolute atomic E-state index is 0.461. The summed E-state index contributed by atoms with van der Waals surface area (Å²) < 4.78 is 0. The summed E-state index contributed by atoms with van der Waals surface area (Å²) in [6, 6.07) is 5.21. The summed E-state index contributed by atoms with van der Waals surface area (Å²) in [4.78, 5) is 5.99. The molecule has 0 saturated carbocycles. The van der Waals surface area contributed by atoms with E-state index in [-0.39, 0.29) is 0 Å². The summed E-state index contributed by atoms with van der Waals surface area (Å²) in [6.45, 7) is 2.28. The number of nitrogens with zero attached hydrogens (tertiary/aromatic N) is 1. The number of anilines is 2. The lowest BCUT2D eigenvalue weighted by atomic mass is 9.93. The zero-order chi connectivity index (χ0) is 15.7. The van der Waals surface area contributed by atoms with E-state index in [4.69, 9.17) is 35.4 Å². The van der Waals surface area contributed by atoms with Gasteiger partial charge in [0, 0.05) is 9.90 Å². The fourth-order valence-electron chi connectivity index (χ4n) is 2.44. The highest BCUT2D eigenvalue weighted by Gasteiger charge is 2.20. The molecule has 2 aromatic rings. The van der Waals surface area contributed by atoms with Gasteiger partial charge in [-0.2, -0.15) is 0 Å².